The van der Waals surface area contributed by atoms with Crippen LogP contribution in [0.25, 0.3) is 0 Å². The van der Waals surface area contributed by atoms with Gasteiger partial charge in [-0.2, -0.15) is 0 Å². The van der Waals surface area contributed by atoms with Gasteiger partial charge < -0.3 is 4.74 Å². The third-order valence-electron chi connectivity index (χ3n) is 2.12. The van der Waals surface area contributed by atoms with Crippen molar-refractivity contribution in [2.24, 2.45) is 0 Å². The third kappa shape index (κ3) is 3.58. The van der Waals surface area contributed by atoms with Crippen molar-refractivity contribution in [1.29, 1.82) is 0 Å². The summed E-state index contributed by atoms with van der Waals surface area (Å²) in [6, 6.07) is 7.48. The van der Waals surface area contributed by atoms with E-state index in [-0.39, 0.29) is 5.97 Å². The molecular formula is C13H16O2. The molecule has 0 spiro atoms. The Morgan fingerprint density at radius 1 is 1.27 bits per heavy atom. The van der Waals surface area contributed by atoms with Crippen LogP contribution < -0.4 is 0 Å². The van der Waals surface area contributed by atoms with Crippen LogP contribution in [0.5, 0.6) is 0 Å². The lowest BCUT2D eigenvalue weighted by atomic mass is 10.1. The fourth-order valence-electron chi connectivity index (χ4n) is 1.22. The molecule has 15 heavy (non-hydrogen) atoms. The number of methoxy groups -OCH3 is 1. The lowest BCUT2D eigenvalue weighted by molar-refractivity contribution is 0.0600. The van der Waals surface area contributed by atoms with Crippen molar-refractivity contribution in [1.82, 2.24) is 0 Å². The molecule has 0 fully saturated rings. The number of allylic oxidation sites excluding steroid dienone is 2. The van der Waals surface area contributed by atoms with Gasteiger partial charge in [-0.3, -0.25) is 0 Å². The maximum absolute atomic E-state index is 11.2. The predicted octanol–water partition coefficient (Wildman–Crippen LogP) is 2.98. The van der Waals surface area contributed by atoms with E-state index in [0.29, 0.717) is 5.56 Å². The van der Waals surface area contributed by atoms with E-state index in [0.717, 1.165) is 6.42 Å². The Hall–Kier alpha value is -1.57. The van der Waals surface area contributed by atoms with Crippen LogP contribution in [0.1, 0.15) is 29.8 Å². The summed E-state index contributed by atoms with van der Waals surface area (Å²) < 4.78 is 4.62. The fourth-order valence-corrected chi connectivity index (χ4v) is 1.22. The first-order chi connectivity index (χ1) is 7.13. The third-order valence-corrected chi connectivity index (χ3v) is 2.12. The van der Waals surface area contributed by atoms with Gasteiger partial charge >= 0.3 is 5.97 Å². The Bertz CT molecular complexity index is 357. The Morgan fingerprint density at radius 3 is 2.33 bits per heavy atom. The fraction of sp³-hybridized carbons (Fsp3) is 0.308. The molecule has 80 valence electrons. The highest BCUT2D eigenvalue weighted by molar-refractivity contribution is 5.89. The van der Waals surface area contributed by atoms with Crippen molar-refractivity contribution in [2.45, 2.75) is 20.3 Å². The summed E-state index contributed by atoms with van der Waals surface area (Å²) in [5, 5.41) is 0. The molecule has 0 aliphatic heterocycles. The second-order valence-electron chi connectivity index (χ2n) is 3.67. The molecule has 0 bridgehead atoms. The number of carbonyl (C=O) groups excluding carboxylic acids is 1. The monoisotopic (exact) mass is 204 g/mol. The minimum Gasteiger partial charge on any atom is -0.465 e. The Morgan fingerprint density at radius 2 is 1.87 bits per heavy atom. The molecule has 0 saturated heterocycles. The van der Waals surface area contributed by atoms with E-state index in [1.54, 1.807) is 12.1 Å². The first-order valence-corrected chi connectivity index (χ1v) is 4.94. The maximum atomic E-state index is 11.2. The molecule has 0 N–H and O–H groups in total. The van der Waals surface area contributed by atoms with E-state index in [1.807, 2.05) is 12.1 Å². The number of esters is 1. The van der Waals surface area contributed by atoms with Crippen molar-refractivity contribution in [2.75, 3.05) is 7.11 Å². The van der Waals surface area contributed by atoms with Crippen LogP contribution in [-0.4, -0.2) is 13.1 Å². The summed E-state index contributed by atoms with van der Waals surface area (Å²) in [5.74, 6) is -0.288. The van der Waals surface area contributed by atoms with Crippen LogP contribution in [0, 0.1) is 0 Å². The van der Waals surface area contributed by atoms with Gasteiger partial charge in [0.15, 0.2) is 0 Å². The summed E-state index contributed by atoms with van der Waals surface area (Å²) in [6.45, 7) is 4.14. The molecule has 1 aromatic carbocycles. The van der Waals surface area contributed by atoms with Crippen LogP contribution in [0.4, 0.5) is 0 Å². The molecule has 0 aliphatic carbocycles. The van der Waals surface area contributed by atoms with Gasteiger partial charge in [0.1, 0.15) is 0 Å². The topological polar surface area (TPSA) is 26.3 Å². The Balaban J connectivity index is 2.72. The van der Waals surface area contributed by atoms with E-state index in [2.05, 4.69) is 24.7 Å². The maximum Gasteiger partial charge on any atom is 0.337 e. The van der Waals surface area contributed by atoms with Crippen LogP contribution >= 0.6 is 0 Å². The van der Waals surface area contributed by atoms with E-state index < -0.39 is 0 Å². The summed E-state index contributed by atoms with van der Waals surface area (Å²) in [6.07, 6.45) is 3.07. The quantitative estimate of drug-likeness (QED) is 0.559. The van der Waals surface area contributed by atoms with Gasteiger partial charge in [-0.25, -0.2) is 4.79 Å². The highest BCUT2D eigenvalue weighted by atomic mass is 16.5. The molecule has 0 heterocycles. The van der Waals surface area contributed by atoms with Gasteiger partial charge in [0.25, 0.3) is 0 Å². The average molecular weight is 204 g/mol. The van der Waals surface area contributed by atoms with Crippen molar-refractivity contribution in [3.8, 4) is 0 Å². The molecule has 0 aromatic heterocycles. The van der Waals surface area contributed by atoms with Crippen molar-refractivity contribution >= 4 is 5.97 Å². The summed E-state index contributed by atoms with van der Waals surface area (Å²) in [7, 11) is 1.39. The van der Waals surface area contributed by atoms with Crippen molar-refractivity contribution in [3.63, 3.8) is 0 Å². The number of carbonyl (C=O) groups is 1. The molecule has 2 nitrogen and oxygen atoms in total. The smallest absolute Gasteiger partial charge is 0.337 e. The minimum atomic E-state index is -0.288. The first kappa shape index (κ1) is 11.5. The number of benzene rings is 1. The van der Waals surface area contributed by atoms with Gasteiger partial charge in [0.2, 0.25) is 0 Å². The second-order valence-corrected chi connectivity index (χ2v) is 3.67. The zero-order valence-corrected chi connectivity index (χ0v) is 9.41. The molecule has 0 saturated carbocycles. The first-order valence-electron chi connectivity index (χ1n) is 4.94. The van der Waals surface area contributed by atoms with E-state index in [1.165, 1.54) is 18.2 Å². The van der Waals surface area contributed by atoms with Crippen molar-refractivity contribution < 1.29 is 9.53 Å². The Kier molecular flexibility index (Phi) is 4.10. The zero-order chi connectivity index (χ0) is 11.3. The minimum absolute atomic E-state index is 0.288. The number of rotatable bonds is 3. The summed E-state index contributed by atoms with van der Waals surface area (Å²) >= 11 is 0. The van der Waals surface area contributed by atoms with E-state index >= 15 is 0 Å². The number of ether oxygens (including phenoxy) is 1. The number of hydrogen-bond acceptors (Lipinski definition) is 2. The van der Waals surface area contributed by atoms with Gasteiger partial charge in [0.05, 0.1) is 12.7 Å². The van der Waals surface area contributed by atoms with Crippen molar-refractivity contribution in [3.05, 3.63) is 47.0 Å². The second kappa shape index (κ2) is 5.35. The highest BCUT2D eigenvalue weighted by Crippen LogP contribution is 2.07. The predicted molar refractivity (Wildman–Crippen MR) is 60.9 cm³/mol. The molecule has 0 aliphatic rings. The molecule has 0 amide bonds. The molecule has 0 radical (unpaired) electrons. The molecule has 1 rings (SSSR count). The largest absolute Gasteiger partial charge is 0.465 e. The lowest BCUT2D eigenvalue weighted by Crippen LogP contribution is -2.00. The van der Waals surface area contributed by atoms with E-state index in [4.69, 9.17) is 0 Å². The average Bonchev–Trinajstić information content (AvgIpc) is 2.26. The van der Waals surface area contributed by atoms with E-state index in [9.17, 15) is 4.79 Å². The normalized spacial score (nSPS) is 9.53. The van der Waals surface area contributed by atoms with Crippen LogP contribution in [0.2, 0.25) is 0 Å². The zero-order valence-electron chi connectivity index (χ0n) is 9.41. The molecule has 0 unspecified atom stereocenters. The summed E-state index contributed by atoms with van der Waals surface area (Å²) in [4.78, 5) is 11.2. The molecule has 1 aromatic rings. The SMILES string of the molecule is COC(=O)c1ccc(CC=C(C)C)cc1. The van der Waals surface area contributed by atoms with Crippen LogP contribution in [0.3, 0.4) is 0 Å². The lowest BCUT2D eigenvalue weighted by Gasteiger charge is -2.01. The molecular weight excluding hydrogens is 188 g/mol. The van der Waals surface area contributed by atoms with Gasteiger partial charge in [-0.15, -0.1) is 0 Å². The van der Waals surface area contributed by atoms with Crippen LogP contribution in [-0.2, 0) is 11.2 Å². The van der Waals surface area contributed by atoms with Gasteiger partial charge in [-0.1, -0.05) is 23.8 Å². The number of hydrogen-bond donors (Lipinski definition) is 0. The van der Waals surface area contributed by atoms with Gasteiger partial charge in [0, 0.05) is 0 Å². The summed E-state index contributed by atoms with van der Waals surface area (Å²) in [5.41, 5.74) is 3.09. The molecule has 2 heteroatoms. The van der Waals surface area contributed by atoms with Crippen LogP contribution in [0.15, 0.2) is 35.9 Å². The Labute approximate surface area is 90.6 Å². The standard InChI is InChI=1S/C13H16O2/c1-10(2)4-5-11-6-8-12(9-7-11)13(14)15-3/h4,6-9H,5H2,1-3H3. The highest BCUT2D eigenvalue weighted by Gasteiger charge is 2.03. The molecule has 0 atom stereocenters. The van der Waals surface area contributed by atoms with Gasteiger partial charge in [-0.05, 0) is 38.0 Å².